The van der Waals surface area contributed by atoms with Crippen molar-refractivity contribution >= 4 is 45.0 Å². The first kappa shape index (κ1) is 23.1. The van der Waals surface area contributed by atoms with Crippen LogP contribution in [0.25, 0.3) is 5.76 Å². The molecule has 0 spiro atoms. The lowest BCUT2D eigenvalue weighted by molar-refractivity contribution is -0.140. The highest BCUT2D eigenvalue weighted by molar-refractivity contribution is 9.10. The molecule has 1 aliphatic rings. The Bertz CT molecular complexity index is 1070. The summed E-state index contributed by atoms with van der Waals surface area (Å²) in [5, 5.41) is 21.0. The second kappa shape index (κ2) is 9.30. The normalized spacial score (nSPS) is 18.1. The van der Waals surface area contributed by atoms with E-state index >= 15 is 0 Å². The van der Waals surface area contributed by atoms with Crippen LogP contribution in [0.2, 0.25) is 5.02 Å². The van der Waals surface area contributed by atoms with Crippen molar-refractivity contribution < 1.29 is 24.5 Å². The van der Waals surface area contributed by atoms with Crippen LogP contribution in [0.3, 0.4) is 0 Å². The minimum Gasteiger partial charge on any atom is -0.507 e. The maximum atomic E-state index is 13.0. The summed E-state index contributed by atoms with van der Waals surface area (Å²) >= 11 is 9.46. The number of carbonyl (C=O) groups excluding carboxylic acids is 2. The molecule has 31 heavy (non-hydrogen) atoms. The van der Waals surface area contributed by atoms with Gasteiger partial charge in [0.05, 0.1) is 28.2 Å². The van der Waals surface area contributed by atoms with Crippen LogP contribution < -0.4 is 4.74 Å². The number of amides is 1. The summed E-state index contributed by atoms with van der Waals surface area (Å²) < 4.78 is 5.80. The number of methoxy groups -OCH3 is 1. The van der Waals surface area contributed by atoms with Gasteiger partial charge < -0.3 is 24.7 Å². The average Bonchev–Trinajstić information content (AvgIpc) is 2.98. The van der Waals surface area contributed by atoms with Crippen molar-refractivity contribution in [2.75, 3.05) is 34.3 Å². The zero-order chi connectivity index (χ0) is 22.9. The van der Waals surface area contributed by atoms with Crippen LogP contribution in [0.15, 0.2) is 46.4 Å². The molecule has 164 valence electrons. The Labute approximate surface area is 193 Å². The van der Waals surface area contributed by atoms with Crippen molar-refractivity contribution in [2.45, 2.75) is 6.04 Å². The fraction of sp³-hybridized carbons (Fsp3) is 0.273. The third-order valence-electron chi connectivity index (χ3n) is 5.04. The maximum Gasteiger partial charge on any atom is 0.295 e. The summed E-state index contributed by atoms with van der Waals surface area (Å²) in [6.45, 7) is 0.785. The zero-order valence-electron chi connectivity index (χ0n) is 17.2. The van der Waals surface area contributed by atoms with Gasteiger partial charge in [0.2, 0.25) is 0 Å². The van der Waals surface area contributed by atoms with Gasteiger partial charge in [-0.25, -0.2) is 0 Å². The molecule has 1 fully saturated rings. The van der Waals surface area contributed by atoms with E-state index in [1.807, 2.05) is 19.0 Å². The number of ketones is 1. The molecule has 1 saturated heterocycles. The molecule has 1 heterocycles. The Balaban J connectivity index is 2.18. The lowest BCUT2D eigenvalue weighted by Crippen LogP contribution is -2.35. The fourth-order valence-electron chi connectivity index (χ4n) is 3.43. The van der Waals surface area contributed by atoms with Gasteiger partial charge in [-0.1, -0.05) is 17.7 Å². The molecule has 0 saturated carbocycles. The van der Waals surface area contributed by atoms with Crippen LogP contribution in [0.5, 0.6) is 11.5 Å². The third kappa shape index (κ3) is 4.56. The number of nitrogens with zero attached hydrogens (tertiary/aromatic N) is 2. The van der Waals surface area contributed by atoms with Crippen LogP contribution in [0.4, 0.5) is 0 Å². The van der Waals surface area contributed by atoms with E-state index in [2.05, 4.69) is 15.9 Å². The zero-order valence-corrected chi connectivity index (χ0v) is 19.6. The highest BCUT2D eigenvalue weighted by Crippen LogP contribution is 2.41. The van der Waals surface area contributed by atoms with Gasteiger partial charge in [-0.3, -0.25) is 9.59 Å². The van der Waals surface area contributed by atoms with E-state index in [9.17, 15) is 19.8 Å². The number of hydrogen-bond donors (Lipinski definition) is 2. The number of phenolic OH excluding ortho intramolecular Hbond substituents is 1. The molecule has 1 atom stereocenters. The summed E-state index contributed by atoms with van der Waals surface area (Å²) in [6.07, 6.45) is 0. The fourth-order valence-corrected chi connectivity index (χ4v) is 4.16. The number of phenols is 1. The number of Topliss-reactive ketones (excluding diaryl/α,β-unsaturated/α-hetero) is 1. The molecule has 1 amide bonds. The van der Waals surface area contributed by atoms with Crippen LogP contribution in [-0.4, -0.2) is 66.0 Å². The van der Waals surface area contributed by atoms with E-state index in [0.717, 1.165) is 0 Å². The number of ether oxygens (including phenoxy) is 1. The summed E-state index contributed by atoms with van der Waals surface area (Å²) in [5.41, 5.74) is 0.825. The predicted octanol–water partition coefficient (Wildman–Crippen LogP) is 3.80. The van der Waals surface area contributed by atoms with Gasteiger partial charge in [-0.05, 0) is 65.9 Å². The van der Waals surface area contributed by atoms with E-state index in [-0.39, 0.29) is 28.6 Å². The molecule has 1 unspecified atom stereocenters. The largest absolute Gasteiger partial charge is 0.507 e. The maximum absolute atomic E-state index is 13.0. The lowest BCUT2D eigenvalue weighted by atomic mass is 9.95. The SMILES string of the molecule is COc1ccc(/C(O)=C2/C(=O)C(=O)N(CCN(C)C)C2c2ccc(O)c(Cl)c2)cc1Br. The molecule has 2 N–H and O–H groups in total. The highest BCUT2D eigenvalue weighted by Gasteiger charge is 2.46. The number of aliphatic hydroxyl groups excluding tert-OH is 1. The quantitative estimate of drug-likeness (QED) is 0.350. The van der Waals surface area contributed by atoms with Crippen molar-refractivity contribution in [1.82, 2.24) is 9.80 Å². The van der Waals surface area contributed by atoms with Gasteiger partial charge in [-0.2, -0.15) is 0 Å². The van der Waals surface area contributed by atoms with E-state index < -0.39 is 17.7 Å². The Morgan fingerprint density at radius 3 is 2.52 bits per heavy atom. The first-order chi connectivity index (χ1) is 14.6. The minimum atomic E-state index is -0.848. The number of rotatable bonds is 6. The molecule has 1 aliphatic heterocycles. The van der Waals surface area contributed by atoms with Gasteiger partial charge in [0.15, 0.2) is 0 Å². The second-order valence-corrected chi connectivity index (χ2v) is 8.62. The van der Waals surface area contributed by atoms with Crippen molar-refractivity contribution in [2.24, 2.45) is 0 Å². The van der Waals surface area contributed by atoms with Crippen molar-refractivity contribution in [3.8, 4) is 11.5 Å². The highest BCUT2D eigenvalue weighted by atomic mass is 79.9. The smallest absolute Gasteiger partial charge is 0.295 e. The molecular formula is C22H22BrClN2O5. The van der Waals surface area contributed by atoms with Gasteiger partial charge >= 0.3 is 0 Å². The van der Waals surface area contributed by atoms with Crippen molar-refractivity contribution in [1.29, 1.82) is 0 Å². The number of carbonyl (C=O) groups is 2. The first-order valence-electron chi connectivity index (χ1n) is 9.41. The van der Waals surface area contributed by atoms with Crippen LogP contribution >= 0.6 is 27.5 Å². The molecule has 0 bridgehead atoms. The molecular weight excluding hydrogens is 488 g/mol. The minimum absolute atomic E-state index is 0.0393. The molecule has 2 aromatic rings. The van der Waals surface area contributed by atoms with Gasteiger partial charge in [0.25, 0.3) is 11.7 Å². The topological polar surface area (TPSA) is 90.3 Å². The van der Waals surface area contributed by atoms with E-state index in [4.69, 9.17) is 16.3 Å². The Morgan fingerprint density at radius 2 is 1.94 bits per heavy atom. The monoisotopic (exact) mass is 508 g/mol. The van der Waals surface area contributed by atoms with Gasteiger partial charge in [0, 0.05) is 18.7 Å². The summed E-state index contributed by atoms with van der Waals surface area (Å²) in [4.78, 5) is 29.1. The molecule has 0 aliphatic carbocycles. The number of likely N-dealkylation sites (N-methyl/N-ethyl adjacent to an activating group) is 1. The predicted molar refractivity (Wildman–Crippen MR) is 121 cm³/mol. The van der Waals surface area contributed by atoms with Gasteiger partial charge in [-0.15, -0.1) is 0 Å². The second-order valence-electron chi connectivity index (χ2n) is 7.36. The van der Waals surface area contributed by atoms with Crippen LogP contribution in [0.1, 0.15) is 17.2 Å². The van der Waals surface area contributed by atoms with E-state index in [1.165, 1.54) is 24.1 Å². The molecule has 7 nitrogen and oxygen atoms in total. The number of benzene rings is 2. The third-order valence-corrected chi connectivity index (χ3v) is 5.96. The number of aliphatic hydroxyl groups is 1. The first-order valence-corrected chi connectivity index (χ1v) is 10.6. The van der Waals surface area contributed by atoms with E-state index in [1.54, 1.807) is 24.3 Å². The number of hydrogen-bond acceptors (Lipinski definition) is 6. The summed E-state index contributed by atoms with van der Waals surface area (Å²) in [6, 6.07) is 8.49. The number of aromatic hydroxyl groups is 1. The average molecular weight is 510 g/mol. The lowest BCUT2D eigenvalue weighted by Gasteiger charge is -2.26. The standard InChI is InChI=1S/C22H22BrClN2O5/c1-25(2)8-9-26-19(12-4-6-16(27)15(24)11-12)18(21(29)22(26)30)20(28)13-5-7-17(31-3)14(23)10-13/h4-7,10-11,19,27-28H,8-9H2,1-3H3/b20-18-. The van der Waals surface area contributed by atoms with E-state index in [0.29, 0.717) is 27.9 Å². The van der Waals surface area contributed by atoms with Crippen LogP contribution in [-0.2, 0) is 9.59 Å². The molecule has 3 rings (SSSR count). The van der Waals surface area contributed by atoms with Crippen LogP contribution in [0, 0.1) is 0 Å². The molecule has 2 aromatic carbocycles. The van der Waals surface area contributed by atoms with Crippen molar-refractivity contribution in [3.63, 3.8) is 0 Å². The van der Waals surface area contributed by atoms with Gasteiger partial charge in [0.1, 0.15) is 17.3 Å². The molecule has 9 heteroatoms. The number of halogens is 2. The molecule has 0 aromatic heterocycles. The Kier molecular flexibility index (Phi) is 6.93. The summed E-state index contributed by atoms with van der Waals surface area (Å²) in [5.74, 6) is -1.34. The summed E-state index contributed by atoms with van der Waals surface area (Å²) in [7, 11) is 5.24. The molecule has 0 radical (unpaired) electrons. The Hall–Kier alpha value is -2.55. The Morgan fingerprint density at radius 1 is 1.23 bits per heavy atom. The number of likely N-dealkylation sites (tertiary alicyclic amines) is 1. The van der Waals surface area contributed by atoms with Crippen molar-refractivity contribution in [3.05, 3.63) is 62.6 Å².